The Morgan fingerprint density at radius 3 is 3.05 bits per heavy atom. The molecule has 116 valence electrons. The molecule has 21 heavy (non-hydrogen) atoms. The van der Waals surface area contributed by atoms with Crippen LogP contribution in [0, 0.1) is 0 Å². The minimum atomic E-state index is -0.175. The van der Waals surface area contributed by atoms with Crippen molar-refractivity contribution >= 4 is 6.03 Å². The zero-order chi connectivity index (χ0) is 15.1. The molecule has 1 aromatic rings. The minimum absolute atomic E-state index is 0.0352. The maximum atomic E-state index is 11.8. The largest absolute Gasteiger partial charge is 0.497 e. The van der Waals surface area contributed by atoms with Crippen LogP contribution < -0.4 is 20.1 Å². The first kappa shape index (κ1) is 15.4. The van der Waals surface area contributed by atoms with Crippen LogP contribution >= 0.6 is 0 Å². The molecule has 0 spiro atoms. The lowest BCUT2D eigenvalue weighted by Gasteiger charge is -2.26. The smallest absolute Gasteiger partial charge is 0.315 e. The van der Waals surface area contributed by atoms with E-state index < -0.39 is 0 Å². The van der Waals surface area contributed by atoms with Gasteiger partial charge in [-0.25, -0.2) is 4.79 Å². The molecular formula is C15H22N2O4. The van der Waals surface area contributed by atoms with Crippen molar-refractivity contribution in [3.8, 4) is 11.5 Å². The Hall–Kier alpha value is -1.95. The standard InChI is InChI=1S/C15H22N2O4/c1-19-7-3-6-16-15(18)17-12-8-11-9-13(20-2)4-5-14(11)21-10-12/h4-5,9,12H,3,6-8,10H2,1-2H3,(H2,16,17,18)/t12-/m1/s1. The number of rotatable bonds is 6. The van der Waals surface area contributed by atoms with Crippen LogP contribution in [0.15, 0.2) is 18.2 Å². The summed E-state index contributed by atoms with van der Waals surface area (Å²) in [5.41, 5.74) is 1.05. The summed E-state index contributed by atoms with van der Waals surface area (Å²) >= 11 is 0. The maximum Gasteiger partial charge on any atom is 0.315 e. The Labute approximate surface area is 124 Å². The number of urea groups is 1. The number of fused-ring (bicyclic) bond motifs is 1. The third-order valence-corrected chi connectivity index (χ3v) is 3.32. The van der Waals surface area contributed by atoms with E-state index in [1.54, 1.807) is 14.2 Å². The van der Waals surface area contributed by atoms with E-state index in [9.17, 15) is 4.79 Å². The highest BCUT2D eigenvalue weighted by Gasteiger charge is 2.21. The van der Waals surface area contributed by atoms with Gasteiger partial charge in [-0.15, -0.1) is 0 Å². The van der Waals surface area contributed by atoms with Crippen LogP contribution in [0.3, 0.4) is 0 Å². The molecule has 2 rings (SSSR count). The first-order valence-corrected chi connectivity index (χ1v) is 7.06. The molecule has 0 saturated carbocycles. The second-order valence-corrected chi connectivity index (χ2v) is 4.93. The molecule has 1 aliphatic heterocycles. The number of benzene rings is 1. The van der Waals surface area contributed by atoms with E-state index in [2.05, 4.69) is 10.6 Å². The lowest BCUT2D eigenvalue weighted by atomic mass is 10.0. The second-order valence-electron chi connectivity index (χ2n) is 4.93. The van der Waals surface area contributed by atoms with Gasteiger partial charge in [0.2, 0.25) is 0 Å². The van der Waals surface area contributed by atoms with E-state index in [4.69, 9.17) is 14.2 Å². The summed E-state index contributed by atoms with van der Waals surface area (Å²) in [6.07, 6.45) is 1.53. The number of nitrogens with one attached hydrogen (secondary N) is 2. The Bertz CT molecular complexity index is 479. The Morgan fingerprint density at radius 1 is 1.43 bits per heavy atom. The SMILES string of the molecule is COCCCNC(=O)N[C@H]1COc2ccc(OC)cc2C1. The summed E-state index contributed by atoms with van der Waals surface area (Å²) < 4.78 is 15.8. The summed E-state index contributed by atoms with van der Waals surface area (Å²) in [6, 6.07) is 5.50. The molecule has 2 N–H and O–H groups in total. The highest BCUT2D eigenvalue weighted by Crippen LogP contribution is 2.28. The lowest BCUT2D eigenvalue weighted by Crippen LogP contribution is -2.47. The van der Waals surface area contributed by atoms with Gasteiger partial charge in [0.1, 0.15) is 18.1 Å². The van der Waals surface area contributed by atoms with E-state index >= 15 is 0 Å². The number of hydrogen-bond donors (Lipinski definition) is 2. The maximum absolute atomic E-state index is 11.8. The molecular weight excluding hydrogens is 272 g/mol. The van der Waals surface area contributed by atoms with Crippen LogP contribution in [-0.4, -0.2) is 46.1 Å². The minimum Gasteiger partial charge on any atom is -0.497 e. The average molecular weight is 294 g/mol. The fraction of sp³-hybridized carbons (Fsp3) is 0.533. The number of methoxy groups -OCH3 is 2. The number of ether oxygens (including phenoxy) is 3. The number of carbonyl (C=O) groups excluding carboxylic acids is 1. The molecule has 1 aromatic carbocycles. The number of carbonyl (C=O) groups is 1. The van der Waals surface area contributed by atoms with E-state index in [-0.39, 0.29) is 12.1 Å². The van der Waals surface area contributed by atoms with Gasteiger partial charge < -0.3 is 24.8 Å². The van der Waals surface area contributed by atoms with Gasteiger partial charge >= 0.3 is 6.03 Å². The number of hydrogen-bond acceptors (Lipinski definition) is 4. The predicted octanol–water partition coefficient (Wildman–Crippen LogP) is 1.33. The molecule has 0 saturated heterocycles. The summed E-state index contributed by atoms with van der Waals surface area (Å²) in [5, 5.41) is 5.72. The quantitative estimate of drug-likeness (QED) is 0.777. The topological polar surface area (TPSA) is 68.8 Å². The van der Waals surface area contributed by atoms with Crippen molar-refractivity contribution in [2.45, 2.75) is 18.9 Å². The zero-order valence-electron chi connectivity index (χ0n) is 12.5. The molecule has 0 unspecified atom stereocenters. The molecule has 6 heteroatoms. The molecule has 0 aromatic heterocycles. The van der Waals surface area contributed by atoms with Crippen LogP contribution in [-0.2, 0) is 11.2 Å². The fourth-order valence-electron chi connectivity index (χ4n) is 2.25. The van der Waals surface area contributed by atoms with Crippen molar-refractivity contribution in [2.24, 2.45) is 0 Å². The van der Waals surface area contributed by atoms with Crippen LogP contribution in [0.4, 0.5) is 4.79 Å². The molecule has 6 nitrogen and oxygen atoms in total. The first-order chi connectivity index (χ1) is 10.2. The van der Waals surface area contributed by atoms with Gasteiger partial charge in [0.05, 0.1) is 13.2 Å². The highest BCUT2D eigenvalue weighted by atomic mass is 16.5. The third kappa shape index (κ3) is 4.53. The van der Waals surface area contributed by atoms with Gasteiger partial charge in [-0.05, 0) is 36.6 Å². The molecule has 1 heterocycles. The van der Waals surface area contributed by atoms with E-state index in [0.29, 0.717) is 19.8 Å². The molecule has 0 bridgehead atoms. The summed E-state index contributed by atoms with van der Waals surface area (Å²) in [5.74, 6) is 1.65. The molecule has 1 atom stereocenters. The zero-order valence-corrected chi connectivity index (χ0v) is 12.5. The van der Waals surface area contributed by atoms with Gasteiger partial charge in [0.15, 0.2) is 0 Å². The van der Waals surface area contributed by atoms with Crippen molar-refractivity contribution in [1.29, 1.82) is 0 Å². The molecule has 2 amide bonds. The predicted molar refractivity (Wildman–Crippen MR) is 79.0 cm³/mol. The second kappa shape index (κ2) is 7.73. The van der Waals surface area contributed by atoms with Crippen molar-refractivity contribution in [3.05, 3.63) is 23.8 Å². The molecule has 0 fully saturated rings. The fourth-order valence-corrected chi connectivity index (χ4v) is 2.25. The summed E-state index contributed by atoms with van der Waals surface area (Å²) in [7, 11) is 3.28. The average Bonchev–Trinajstić information content (AvgIpc) is 2.51. The van der Waals surface area contributed by atoms with Gasteiger partial charge in [-0.2, -0.15) is 0 Å². The Kier molecular flexibility index (Phi) is 5.68. The number of amides is 2. The molecule has 0 radical (unpaired) electrons. The molecule has 0 aliphatic carbocycles. The van der Waals surface area contributed by atoms with E-state index in [1.807, 2.05) is 18.2 Å². The van der Waals surface area contributed by atoms with Crippen molar-refractivity contribution < 1.29 is 19.0 Å². The Balaban J connectivity index is 1.82. The lowest BCUT2D eigenvalue weighted by molar-refractivity contribution is 0.191. The molecule has 1 aliphatic rings. The third-order valence-electron chi connectivity index (χ3n) is 3.32. The van der Waals surface area contributed by atoms with Crippen LogP contribution in [0.5, 0.6) is 11.5 Å². The normalized spacial score (nSPS) is 16.6. The van der Waals surface area contributed by atoms with Crippen LogP contribution in [0.1, 0.15) is 12.0 Å². The summed E-state index contributed by atoms with van der Waals surface area (Å²) in [6.45, 7) is 1.71. The van der Waals surface area contributed by atoms with Crippen molar-refractivity contribution in [2.75, 3.05) is 34.0 Å². The highest BCUT2D eigenvalue weighted by molar-refractivity contribution is 5.74. The van der Waals surface area contributed by atoms with Gasteiger partial charge in [0, 0.05) is 20.3 Å². The van der Waals surface area contributed by atoms with Crippen LogP contribution in [0.25, 0.3) is 0 Å². The van der Waals surface area contributed by atoms with Crippen LogP contribution in [0.2, 0.25) is 0 Å². The van der Waals surface area contributed by atoms with Crippen molar-refractivity contribution in [1.82, 2.24) is 10.6 Å². The van der Waals surface area contributed by atoms with Gasteiger partial charge in [-0.3, -0.25) is 0 Å². The summed E-state index contributed by atoms with van der Waals surface area (Å²) in [4.78, 5) is 11.8. The van der Waals surface area contributed by atoms with Gasteiger partial charge in [-0.1, -0.05) is 0 Å². The van der Waals surface area contributed by atoms with Gasteiger partial charge in [0.25, 0.3) is 0 Å². The van der Waals surface area contributed by atoms with E-state index in [0.717, 1.165) is 29.9 Å². The Morgan fingerprint density at radius 2 is 2.29 bits per heavy atom. The van der Waals surface area contributed by atoms with E-state index in [1.165, 1.54) is 0 Å². The first-order valence-electron chi connectivity index (χ1n) is 7.06. The van der Waals surface area contributed by atoms with Crippen molar-refractivity contribution in [3.63, 3.8) is 0 Å². The monoisotopic (exact) mass is 294 g/mol.